The van der Waals surface area contributed by atoms with E-state index in [-0.39, 0.29) is 11.5 Å². The molecule has 7 nitrogen and oxygen atoms in total. The Hall–Kier alpha value is -2.78. The van der Waals surface area contributed by atoms with Crippen LogP contribution in [0, 0.1) is 5.92 Å². The standard InChI is InChI=1S/C15H17F3N2O5/c1-9(2)7-19-14(23)20-12(21)8-24-13(22)10-3-5-11(6-4-10)25-15(16,17)18/h3-6,9H,7-8H2,1-2H3,(H2,19,20,21,23). The van der Waals surface area contributed by atoms with Gasteiger partial charge in [0.25, 0.3) is 5.91 Å². The van der Waals surface area contributed by atoms with Crippen molar-refractivity contribution in [3.8, 4) is 5.75 Å². The summed E-state index contributed by atoms with van der Waals surface area (Å²) in [5, 5.41) is 4.41. The van der Waals surface area contributed by atoms with E-state index in [9.17, 15) is 27.6 Å². The minimum absolute atomic E-state index is 0.0772. The molecule has 1 aromatic rings. The molecule has 1 rings (SSSR count). The Morgan fingerprint density at radius 3 is 2.24 bits per heavy atom. The molecule has 0 unspecified atom stereocenters. The Morgan fingerprint density at radius 2 is 1.72 bits per heavy atom. The van der Waals surface area contributed by atoms with Gasteiger partial charge in [0.05, 0.1) is 5.56 Å². The summed E-state index contributed by atoms with van der Waals surface area (Å²) < 4.78 is 44.4. The van der Waals surface area contributed by atoms with Gasteiger partial charge in [-0.15, -0.1) is 13.2 Å². The quantitative estimate of drug-likeness (QED) is 0.757. The van der Waals surface area contributed by atoms with Gasteiger partial charge in [-0.2, -0.15) is 0 Å². The number of esters is 1. The first-order valence-corrected chi connectivity index (χ1v) is 7.17. The molecule has 0 aliphatic rings. The van der Waals surface area contributed by atoms with Crippen molar-refractivity contribution in [2.45, 2.75) is 20.2 Å². The number of ether oxygens (including phenoxy) is 2. The number of carbonyl (C=O) groups is 3. The van der Waals surface area contributed by atoms with Crippen LogP contribution in [0.1, 0.15) is 24.2 Å². The fraction of sp³-hybridized carbons (Fsp3) is 0.400. The Labute approximate surface area is 141 Å². The molecule has 10 heteroatoms. The van der Waals surface area contributed by atoms with Crippen LogP contribution in [0.2, 0.25) is 0 Å². The molecule has 0 radical (unpaired) electrons. The summed E-state index contributed by atoms with van der Waals surface area (Å²) in [7, 11) is 0. The second-order valence-electron chi connectivity index (χ2n) is 5.30. The highest BCUT2D eigenvalue weighted by Gasteiger charge is 2.31. The third kappa shape index (κ3) is 8.58. The molecule has 2 N–H and O–H groups in total. The number of rotatable bonds is 6. The molecule has 0 fully saturated rings. The van der Waals surface area contributed by atoms with Gasteiger partial charge >= 0.3 is 18.4 Å². The maximum Gasteiger partial charge on any atom is 0.573 e. The minimum Gasteiger partial charge on any atom is -0.452 e. The molecule has 0 aromatic heterocycles. The van der Waals surface area contributed by atoms with Crippen LogP contribution in [0.3, 0.4) is 0 Å². The fourth-order valence-corrected chi connectivity index (χ4v) is 1.51. The summed E-state index contributed by atoms with van der Waals surface area (Å²) >= 11 is 0. The summed E-state index contributed by atoms with van der Waals surface area (Å²) in [4.78, 5) is 34.5. The van der Waals surface area contributed by atoms with Crippen molar-refractivity contribution in [2.24, 2.45) is 5.92 Å². The van der Waals surface area contributed by atoms with Crippen LogP contribution in [-0.4, -0.2) is 37.4 Å². The Morgan fingerprint density at radius 1 is 1.12 bits per heavy atom. The molecular weight excluding hydrogens is 345 g/mol. The maximum absolute atomic E-state index is 12.0. The first kappa shape index (κ1) is 20.3. The van der Waals surface area contributed by atoms with Crippen molar-refractivity contribution in [3.63, 3.8) is 0 Å². The van der Waals surface area contributed by atoms with Crippen molar-refractivity contribution < 1.29 is 37.0 Å². The number of hydrogen-bond acceptors (Lipinski definition) is 5. The highest BCUT2D eigenvalue weighted by molar-refractivity contribution is 5.97. The first-order chi connectivity index (χ1) is 11.6. The predicted octanol–water partition coefficient (Wildman–Crippen LogP) is 2.22. The number of imide groups is 1. The van der Waals surface area contributed by atoms with Crippen LogP contribution in [0.25, 0.3) is 0 Å². The molecule has 1 aromatic carbocycles. The van der Waals surface area contributed by atoms with E-state index >= 15 is 0 Å². The van der Waals surface area contributed by atoms with Gasteiger partial charge in [-0.05, 0) is 30.2 Å². The molecule has 3 amide bonds. The van der Waals surface area contributed by atoms with Crippen LogP contribution in [-0.2, 0) is 9.53 Å². The maximum atomic E-state index is 12.0. The van der Waals surface area contributed by atoms with Crippen LogP contribution in [0.4, 0.5) is 18.0 Å². The van der Waals surface area contributed by atoms with Crippen molar-refractivity contribution >= 4 is 17.9 Å². The zero-order valence-electron chi connectivity index (χ0n) is 13.5. The summed E-state index contributed by atoms with van der Waals surface area (Å²) in [6, 6.07) is 3.25. The molecule has 138 valence electrons. The van der Waals surface area contributed by atoms with Gasteiger partial charge < -0.3 is 14.8 Å². The molecule has 0 atom stereocenters. The van der Waals surface area contributed by atoms with E-state index in [2.05, 4.69) is 14.8 Å². The van der Waals surface area contributed by atoms with Crippen LogP contribution < -0.4 is 15.4 Å². The van der Waals surface area contributed by atoms with Crippen molar-refractivity contribution in [1.29, 1.82) is 0 Å². The van der Waals surface area contributed by atoms with Gasteiger partial charge in [0.1, 0.15) is 5.75 Å². The molecule has 0 saturated heterocycles. The molecule has 0 saturated carbocycles. The molecular formula is C15H17F3N2O5. The van der Waals surface area contributed by atoms with Gasteiger partial charge in [0, 0.05) is 6.54 Å². The van der Waals surface area contributed by atoms with Gasteiger partial charge in [-0.3, -0.25) is 10.1 Å². The monoisotopic (exact) mass is 362 g/mol. The number of urea groups is 1. The second-order valence-corrected chi connectivity index (χ2v) is 5.30. The molecule has 0 aliphatic carbocycles. The SMILES string of the molecule is CC(C)CNC(=O)NC(=O)COC(=O)c1ccc(OC(F)(F)F)cc1. The van der Waals surface area contributed by atoms with Crippen molar-refractivity contribution in [1.82, 2.24) is 10.6 Å². The number of hydrogen-bond donors (Lipinski definition) is 2. The molecule has 0 bridgehead atoms. The van der Waals surface area contributed by atoms with Gasteiger partial charge in [0.15, 0.2) is 6.61 Å². The van der Waals surface area contributed by atoms with Crippen LogP contribution >= 0.6 is 0 Å². The second kappa shape index (κ2) is 8.90. The van der Waals surface area contributed by atoms with Crippen molar-refractivity contribution in [3.05, 3.63) is 29.8 Å². The number of benzene rings is 1. The smallest absolute Gasteiger partial charge is 0.452 e. The lowest BCUT2D eigenvalue weighted by molar-refractivity contribution is -0.274. The number of halogens is 3. The highest BCUT2D eigenvalue weighted by atomic mass is 19.4. The lowest BCUT2D eigenvalue weighted by atomic mass is 10.2. The molecule has 0 heterocycles. The van der Waals surface area contributed by atoms with Crippen LogP contribution in [0.5, 0.6) is 5.75 Å². The summed E-state index contributed by atoms with van der Waals surface area (Å²) in [5.74, 6) is -2.07. The zero-order chi connectivity index (χ0) is 19.0. The van der Waals surface area contributed by atoms with E-state index < -0.39 is 36.6 Å². The lowest BCUT2D eigenvalue weighted by Gasteiger charge is -2.10. The van der Waals surface area contributed by atoms with Crippen LogP contribution in [0.15, 0.2) is 24.3 Å². The molecule has 25 heavy (non-hydrogen) atoms. The molecule has 0 aliphatic heterocycles. The number of nitrogens with one attached hydrogen (secondary N) is 2. The van der Waals surface area contributed by atoms with Gasteiger partial charge in [-0.1, -0.05) is 13.8 Å². The van der Waals surface area contributed by atoms with Gasteiger partial charge in [-0.25, -0.2) is 9.59 Å². The average molecular weight is 362 g/mol. The third-order valence-electron chi connectivity index (χ3n) is 2.58. The average Bonchev–Trinajstić information content (AvgIpc) is 2.50. The van der Waals surface area contributed by atoms with Crippen molar-refractivity contribution in [2.75, 3.05) is 13.2 Å². The van der Waals surface area contributed by atoms with E-state index in [1.165, 1.54) is 0 Å². The normalized spacial score (nSPS) is 11.0. The molecule has 0 spiro atoms. The number of carbonyl (C=O) groups excluding carboxylic acids is 3. The predicted molar refractivity (Wildman–Crippen MR) is 79.8 cm³/mol. The van der Waals surface area contributed by atoms with E-state index in [4.69, 9.17) is 0 Å². The first-order valence-electron chi connectivity index (χ1n) is 7.17. The van der Waals surface area contributed by atoms with Gasteiger partial charge in [0.2, 0.25) is 0 Å². The number of alkyl halides is 3. The summed E-state index contributed by atoms with van der Waals surface area (Å²) in [6.45, 7) is 3.39. The number of amides is 3. The zero-order valence-corrected chi connectivity index (χ0v) is 13.5. The fourth-order valence-electron chi connectivity index (χ4n) is 1.51. The van der Waals surface area contributed by atoms with E-state index in [0.717, 1.165) is 24.3 Å². The van der Waals surface area contributed by atoms with E-state index in [0.29, 0.717) is 6.54 Å². The van der Waals surface area contributed by atoms with E-state index in [1.807, 2.05) is 19.2 Å². The van der Waals surface area contributed by atoms with E-state index in [1.54, 1.807) is 0 Å². The topological polar surface area (TPSA) is 93.7 Å². The largest absolute Gasteiger partial charge is 0.573 e. The lowest BCUT2D eigenvalue weighted by Crippen LogP contribution is -2.42. The Bertz CT molecular complexity index is 615. The highest BCUT2D eigenvalue weighted by Crippen LogP contribution is 2.22. The Kier molecular flexibility index (Phi) is 7.22. The summed E-state index contributed by atoms with van der Waals surface area (Å²) in [5.41, 5.74) is -0.0772. The minimum atomic E-state index is -4.84. The summed E-state index contributed by atoms with van der Waals surface area (Å²) in [6.07, 6.45) is -4.84. The Balaban J connectivity index is 2.43. The third-order valence-corrected chi connectivity index (χ3v) is 2.58.